The van der Waals surface area contributed by atoms with Crippen LogP contribution in [0.4, 0.5) is 4.79 Å². The summed E-state index contributed by atoms with van der Waals surface area (Å²) in [4.78, 5) is 23.5. The minimum Gasteiger partial charge on any atom is -0.480 e. The largest absolute Gasteiger partial charge is 0.480 e. The normalized spacial score (nSPS) is 22.0. The Labute approximate surface area is 92.6 Å². The van der Waals surface area contributed by atoms with Gasteiger partial charge >= 0.3 is 12.0 Å². The molecule has 1 rings (SSSR count). The van der Waals surface area contributed by atoms with Crippen LogP contribution in [0.25, 0.3) is 0 Å². The molecule has 0 aromatic heterocycles. The molecule has 0 bridgehead atoms. The molecule has 1 fully saturated rings. The first-order valence-electron chi connectivity index (χ1n) is 4.84. The van der Waals surface area contributed by atoms with E-state index in [1.807, 2.05) is 6.07 Å². The number of carboxylic acids is 1. The molecule has 0 spiro atoms. The van der Waals surface area contributed by atoms with E-state index in [0.717, 1.165) is 0 Å². The van der Waals surface area contributed by atoms with Crippen molar-refractivity contribution < 1.29 is 19.4 Å². The summed E-state index contributed by atoms with van der Waals surface area (Å²) in [5.74, 6) is -1.10. The molecule has 7 heteroatoms. The molecule has 16 heavy (non-hydrogen) atoms. The molecule has 2 unspecified atom stereocenters. The number of rotatable bonds is 2. The fraction of sp³-hybridized carbons (Fsp3) is 0.667. The number of nitrogens with zero attached hydrogens (tertiary/aromatic N) is 2. The van der Waals surface area contributed by atoms with Gasteiger partial charge in [-0.25, -0.2) is 4.79 Å². The van der Waals surface area contributed by atoms with Gasteiger partial charge in [-0.15, -0.1) is 0 Å². The highest BCUT2D eigenvalue weighted by Crippen LogP contribution is 2.04. The number of carbonyl (C=O) groups is 2. The van der Waals surface area contributed by atoms with E-state index in [2.05, 4.69) is 5.32 Å². The molecule has 0 saturated carbocycles. The second-order valence-electron chi connectivity index (χ2n) is 3.44. The topological polar surface area (TPSA) is 103 Å². The molecule has 1 aliphatic heterocycles. The molecular weight excluding hydrogens is 214 g/mol. The Bertz CT molecular complexity index is 325. The first kappa shape index (κ1) is 12.3. The average Bonchev–Trinajstić information content (AvgIpc) is 2.28. The number of hydrogen-bond acceptors (Lipinski definition) is 4. The molecule has 0 aromatic rings. The first-order chi connectivity index (χ1) is 7.54. The number of amides is 2. The van der Waals surface area contributed by atoms with E-state index in [-0.39, 0.29) is 13.2 Å². The maximum absolute atomic E-state index is 11.6. The van der Waals surface area contributed by atoms with Gasteiger partial charge in [0.15, 0.2) is 6.10 Å². The number of nitriles is 1. The van der Waals surface area contributed by atoms with E-state index in [0.29, 0.717) is 6.54 Å². The first-order valence-corrected chi connectivity index (χ1v) is 4.84. The minimum absolute atomic E-state index is 0.161. The van der Waals surface area contributed by atoms with Crippen LogP contribution in [-0.4, -0.2) is 53.8 Å². The van der Waals surface area contributed by atoms with Gasteiger partial charge in [0, 0.05) is 6.54 Å². The van der Waals surface area contributed by atoms with Crippen LogP contribution < -0.4 is 5.32 Å². The maximum atomic E-state index is 11.6. The zero-order valence-corrected chi connectivity index (χ0v) is 8.84. The van der Waals surface area contributed by atoms with Crippen molar-refractivity contribution in [3.8, 4) is 6.07 Å². The van der Waals surface area contributed by atoms with Crippen molar-refractivity contribution in [2.45, 2.75) is 19.1 Å². The lowest BCUT2D eigenvalue weighted by Crippen LogP contribution is -2.52. The maximum Gasteiger partial charge on any atom is 0.325 e. The Hall–Kier alpha value is -1.81. The van der Waals surface area contributed by atoms with Crippen molar-refractivity contribution in [2.75, 3.05) is 19.7 Å². The van der Waals surface area contributed by atoms with Crippen molar-refractivity contribution in [1.82, 2.24) is 10.2 Å². The Morgan fingerprint density at radius 1 is 1.69 bits per heavy atom. The molecule has 2 amide bonds. The number of aliphatic carboxylic acids is 1. The van der Waals surface area contributed by atoms with Crippen molar-refractivity contribution in [3.05, 3.63) is 0 Å². The molecular formula is C9H13N3O4. The third kappa shape index (κ3) is 3.10. The average molecular weight is 227 g/mol. The smallest absolute Gasteiger partial charge is 0.325 e. The zero-order valence-electron chi connectivity index (χ0n) is 8.84. The monoisotopic (exact) mass is 227 g/mol. The van der Waals surface area contributed by atoms with Crippen LogP contribution in [0.3, 0.4) is 0 Å². The summed E-state index contributed by atoms with van der Waals surface area (Å²) in [7, 11) is 0. The van der Waals surface area contributed by atoms with E-state index in [1.165, 1.54) is 11.8 Å². The second kappa shape index (κ2) is 5.32. The summed E-state index contributed by atoms with van der Waals surface area (Å²) >= 11 is 0. The molecule has 2 atom stereocenters. The summed E-state index contributed by atoms with van der Waals surface area (Å²) < 4.78 is 5.06. The number of urea groups is 1. The molecule has 0 radical (unpaired) electrons. The third-order valence-electron chi connectivity index (χ3n) is 2.21. The van der Waals surface area contributed by atoms with Crippen molar-refractivity contribution in [1.29, 1.82) is 5.26 Å². The second-order valence-corrected chi connectivity index (χ2v) is 3.44. The molecule has 1 aliphatic rings. The SMILES string of the molecule is CC(NC(=O)N1CCOC(C#N)C1)C(=O)O. The van der Waals surface area contributed by atoms with E-state index in [4.69, 9.17) is 15.1 Å². The van der Waals surface area contributed by atoms with Gasteiger partial charge in [0.1, 0.15) is 6.04 Å². The fourth-order valence-corrected chi connectivity index (χ4v) is 1.25. The van der Waals surface area contributed by atoms with Crippen LogP contribution in [0.2, 0.25) is 0 Å². The lowest BCUT2D eigenvalue weighted by molar-refractivity contribution is -0.138. The minimum atomic E-state index is -1.10. The van der Waals surface area contributed by atoms with Crippen LogP contribution >= 0.6 is 0 Å². The summed E-state index contributed by atoms with van der Waals surface area (Å²) in [5.41, 5.74) is 0. The van der Waals surface area contributed by atoms with Crippen molar-refractivity contribution >= 4 is 12.0 Å². The van der Waals surface area contributed by atoms with Gasteiger partial charge in [0.05, 0.1) is 19.2 Å². The lowest BCUT2D eigenvalue weighted by atomic mass is 10.3. The quantitative estimate of drug-likeness (QED) is 0.655. The van der Waals surface area contributed by atoms with E-state index in [9.17, 15) is 9.59 Å². The van der Waals surface area contributed by atoms with Crippen molar-refractivity contribution in [2.24, 2.45) is 0 Å². The predicted molar refractivity (Wildman–Crippen MR) is 52.6 cm³/mol. The number of carboxylic acid groups (broad SMARTS) is 1. The number of carbonyl (C=O) groups excluding carboxylic acids is 1. The van der Waals surface area contributed by atoms with Gasteiger partial charge in [-0.3, -0.25) is 4.79 Å². The Morgan fingerprint density at radius 3 is 2.94 bits per heavy atom. The lowest BCUT2D eigenvalue weighted by Gasteiger charge is -2.30. The van der Waals surface area contributed by atoms with Gasteiger partial charge in [-0.2, -0.15) is 5.26 Å². The molecule has 1 heterocycles. The summed E-state index contributed by atoms with van der Waals surface area (Å²) in [6.45, 7) is 2.18. The van der Waals surface area contributed by atoms with Gasteiger partial charge < -0.3 is 20.1 Å². The highest BCUT2D eigenvalue weighted by atomic mass is 16.5. The Kier molecular flexibility index (Phi) is 4.08. The number of ether oxygens (including phenoxy) is 1. The third-order valence-corrected chi connectivity index (χ3v) is 2.21. The summed E-state index contributed by atoms with van der Waals surface area (Å²) in [6.07, 6.45) is -0.639. The molecule has 0 aliphatic carbocycles. The van der Waals surface area contributed by atoms with Crippen molar-refractivity contribution in [3.63, 3.8) is 0 Å². The zero-order chi connectivity index (χ0) is 12.1. The number of hydrogen-bond donors (Lipinski definition) is 2. The predicted octanol–water partition coefficient (Wildman–Crippen LogP) is -0.607. The van der Waals surface area contributed by atoms with E-state index >= 15 is 0 Å². The van der Waals surface area contributed by atoms with Crippen LogP contribution in [-0.2, 0) is 9.53 Å². The van der Waals surface area contributed by atoms with Crippen LogP contribution in [0.15, 0.2) is 0 Å². The fourth-order valence-electron chi connectivity index (χ4n) is 1.25. The van der Waals surface area contributed by atoms with Gasteiger partial charge in [0.2, 0.25) is 0 Å². The summed E-state index contributed by atoms with van der Waals surface area (Å²) in [5, 5.41) is 19.6. The van der Waals surface area contributed by atoms with E-state index < -0.39 is 24.1 Å². The van der Waals surface area contributed by atoms with Crippen LogP contribution in [0.5, 0.6) is 0 Å². The van der Waals surface area contributed by atoms with Gasteiger partial charge in [-0.1, -0.05) is 0 Å². The Balaban J connectivity index is 2.48. The molecule has 7 nitrogen and oxygen atoms in total. The molecule has 88 valence electrons. The number of morpholine rings is 1. The molecule has 1 saturated heterocycles. The van der Waals surface area contributed by atoms with Gasteiger partial charge in [0.25, 0.3) is 0 Å². The van der Waals surface area contributed by atoms with Crippen LogP contribution in [0, 0.1) is 11.3 Å². The van der Waals surface area contributed by atoms with E-state index in [1.54, 1.807) is 0 Å². The highest BCUT2D eigenvalue weighted by molar-refractivity contribution is 5.82. The number of nitrogens with one attached hydrogen (secondary N) is 1. The van der Waals surface area contributed by atoms with Gasteiger partial charge in [-0.05, 0) is 6.92 Å². The standard InChI is InChI=1S/C9H13N3O4/c1-6(8(13)14)11-9(15)12-2-3-16-7(4-10)5-12/h6-7H,2-3,5H2,1H3,(H,11,15)(H,13,14). The van der Waals surface area contributed by atoms with Crippen LogP contribution in [0.1, 0.15) is 6.92 Å². The Morgan fingerprint density at radius 2 is 2.38 bits per heavy atom. The highest BCUT2D eigenvalue weighted by Gasteiger charge is 2.25. The summed E-state index contributed by atoms with van der Waals surface area (Å²) in [6, 6.07) is 0.469. The molecule has 2 N–H and O–H groups in total. The molecule has 0 aromatic carbocycles.